The highest BCUT2D eigenvalue weighted by molar-refractivity contribution is 5.75. The fraction of sp³-hybridized carbons (Fsp3) is 0.294. The fourth-order valence-corrected chi connectivity index (χ4v) is 2.37. The summed E-state index contributed by atoms with van der Waals surface area (Å²) in [6, 6.07) is 7.50. The third-order valence-electron chi connectivity index (χ3n) is 3.57. The molecule has 0 spiro atoms. The van der Waals surface area contributed by atoms with Crippen LogP contribution in [-0.2, 0) is 17.8 Å². The summed E-state index contributed by atoms with van der Waals surface area (Å²) in [5, 5.41) is 2.78. The predicted molar refractivity (Wildman–Crippen MR) is 88.6 cm³/mol. The van der Waals surface area contributed by atoms with Crippen LogP contribution in [0.4, 0.5) is 0 Å². The Balaban J connectivity index is 1.47. The van der Waals surface area contributed by atoms with Gasteiger partial charge in [0.2, 0.25) is 5.91 Å². The number of carbonyl (C=O) groups is 1. The van der Waals surface area contributed by atoms with Crippen LogP contribution in [0, 0.1) is 6.92 Å². The van der Waals surface area contributed by atoms with E-state index in [-0.39, 0.29) is 12.5 Å². The van der Waals surface area contributed by atoms with Gasteiger partial charge >= 0.3 is 5.69 Å². The average molecular weight is 326 g/mol. The summed E-state index contributed by atoms with van der Waals surface area (Å²) in [6.45, 7) is 2.46. The van der Waals surface area contributed by atoms with E-state index in [2.05, 4.69) is 15.3 Å². The minimum Gasteiger partial charge on any atom is -0.441 e. The number of aromatic nitrogens is 3. The Bertz CT molecular complexity index is 913. The van der Waals surface area contributed by atoms with Crippen LogP contribution in [0.3, 0.4) is 0 Å². The molecule has 0 aliphatic rings. The number of oxazole rings is 1. The van der Waals surface area contributed by atoms with Crippen molar-refractivity contribution in [1.82, 2.24) is 19.9 Å². The van der Waals surface area contributed by atoms with E-state index in [0.29, 0.717) is 25.3 Å². The number of benzene rings is 1. The van der Waals surface area contributed by atoms with Crippen molar-refractivity contribution in [2.45, 2.75) is 26.3 Å². The van der Waals surface area contributed by atoms with Gasteiger partial charge in [-0.1, -0.05) is 6.07 Å². The second kappa shape index (κ2) is 7.08. The van der Waals surface area contributed by atoms with Crippen LogP contribution in [-0.4, -0.2) is 27.0 Å². The third-order valence-corrected chi connectivity index (χ3v) is 3.57. The lowest BCUT2D eigenvalue weighted by atomic mass is 10.2. The van der Waals surface area contributed by atoms with E-state index in [1.54, 1.807) is 6.07 Å². The van der Waals surface area contributed by atoms with E-state index in [1.165, 1.54) is 17.0 Å². The van der Waals surface area contributed by atoms with Gasteiger partial charge in [0, 0.05) is 25.4 Å². The maximum Gasteiger partial charge on any atom is 0.347 e. The van der Waals surface area contributed by atoms with E-state index >= 15 is 0 Å². The van der Waals surface area contributed by atoms with Gasteiger partial charge in [-0.05, 0) is 37.1 Å². The molecule has 0 aliphatic carbocycles. The molecule has 1 amide bonds. The first-order chi connectivity index (χ1) is 11.6. The first kappa shape index (κ1) is 15.9. The second-order valence-electron chi connectivity index (χ2n) is 5.56. The molecule has 0 aliphatic heterocycles. The summed E-state index contributed by atoms with van der Waals surface area (Å²) >= 11 is 0. The molecule has 1 aromatic carbocycles. The molecule has 7 nitrogen and oxygen atoms in total. The van der Waals surface area contributed by atoms with E-state index in [4.69, 9.17) is 4.42 Å². The standard InChI is InChI=1S/C17H18N4O3/c1-12-5-6-13-14(10-12)24-16(20-13)4-2-7-18-15(22)11-21-9-3-8-19-17(21)23/h3,5-6,8-10H,2,4,7,11H2,1H3,(H,18,22). The van der Waals surface area contributed by atoms with Gasteiger partial charge in [0.15, 0.2) is 11.5 Å². The van der Waals surface area contributed by atoms with Crippen LogP contribution in [0.2, 0.25) is 0 Å². The molecule has 0 saturated carbocycles. The van der Waals surface area contributed by atoms with Gasteiger partial charge in [0.1, 0.15) is 12.1 Å². The molecule has 7 heteroatoms. The number of rotatable bonds is 6. The van der Waals surface area contributed by atoms with Crippen molar-refractivity contribution in [2.75, 3.05) is 6.54 Å². The summed E-state index contributed by atoms with van der Waals surface area (Å²) in [6.07, 6.45) is 4.29. The molecule has 3 rings (SSSR count). The number of fused-ring (bicyclic) bond motifs is 1. The quantitative estimate of drug-likeness (QED) is 0.692. The first-order valence-corrected chi connectivity index (χ1v) is 7.76. The average Bonchev–Trinajstić information content (AvgIpc) is 2.95. The molecule has 2 aromatic heterocycles. The number of nitrogens with one attached hydrogen (secondary N) is 1. The van der Waals surface area contributed by atoms with Crippen molar-refractivity contribution in [3.05, 3.63) is 58.6 Å². The zero-order valence-corrected chi connectivity index (χ0v) is 13.4. The molecule has 124 valence electrons. The number of amides is 1. The summed E-state index contributed by atoms with van der Waals surface area (Å²) in [5.41, 5.74) is 2.32. The van der Waals surface area contributed by atoms with Gasteiger partial charge in [-0.15, -0.1) is 0 Å². The Morgan fingerprint density at radius 1 is 1.38 bits per heavy atom. The Kier molecular flexibility index (Phi) is 4.69. The third kappa shape index (κ3) is 3.87. The largest absolute Gasteiger partial charge is 0.441 e. The Morgan fingerprint density at radius 3 is 3.08 bits per heavy atom. The molecule has 0 unspecified atom stereocenters. The highest BCUT2D eigenvalue weighted by Crippen LogP contribution is 2.17. The minimum absolute atomic E-state index is 0.0329. The number of aryl methyl sites for hydroxylation is 2. The molecule has 0 fully saturated rings. The van der Waals surface area contributed by atoms with Crippen molar-refractivity contribution in [2.24, 2.45) is 0 Å². The molecule has 0 atom stereocenters. The van der Waals surface area contributed by atoms with Gasteiger partial charge in [-0.25, -0.2) is 14.8 Å². The summed E-state index contributed by atoms with van der Waals surface area (Å²) in [5.74, 6) is 0.437. The minimum atomic E-state index is -0.436. The molecule has 3 aromatic rings. The molecule has 24 heavy (non-hydrogen) atoms. The van der Waals surface area contributed by atoms with Gasteiger partial charge < -0.3 is 9.73 Å². The molecule has 2 heterocycles. The number of nitrogens with zero attached hydrogens (tertiary/aromatic N) is 3. The highest BCUT2D eigenvalue weighted by Gasteiger charge is 2.07. The molecule has 0 saturated heterocycles. The van der Waals surface area contributed by atoms with Crippen LogP contribution in [0.5, 0.6) is 0 Å². The van der Waals surface area contributed by atoms with Crippen molar-refractivity contribution < 1.29 is 9.21 Å². The molecular formula is C17H18N4O3. The van der Waals surface area contributed by atoms with Crippen LogP contribution in [0.25, 0.3) is 11.1 Å². The second-order valence-corrected chi connectivity index (χ2v) is 5.56. The fourth-order valence-electron chi connectivity index (χ4n) is 2.37. The smallest absolute Gasteiger partial charge is 0.347 e. The number of hydrogen-bond donors (Lipinski definition) is 1. The van der Waals surface area contributed by atoms with Crippen LogP contribution in [0.1, 0.15) is 17.9 Å². The predicted octanol–water partition coefficient (Wildman–Crippen LogP) is 1.44. The monoisotopic (exact) mass is 326 g/mol. The summed E-state index contributed by atoms with van der Waals surface area (Å²) in [7, 11) is 0. The van der Waals surface area contributed by atoms with Crippen LogP contribution >= 0.6 is 0 Å². The van der Waals surface area contributed by atoms with E-state index in [9.17, 15) is 9.59 Å². The van der Waals surface area contributed by atoms with E-state index < -0.39 is 5.69 Å². The van der Waals surface area contributed by atoms with Crippen molar-refractivity contribution in [3.8, 4) is 0 Å². The van der Waals surface area contributed by atoms with E-state index in [1.807, 2.05) is 25.1 Å². The van der Waals surface area contributed by atoms with Crippen molar-refractivity contribution in [1.29, 1.82) is 0 Å². The zero-order chi connectivity index (χ0) is 16.9. The van der Waals surface area contributed by atoms with E-state index in [0.717, 1.165) is 16.7 Å². The van der Waals surface area contributed by atoms with Crippen molar-refractivity contribution in [3.63, 3.8) is 0 Å². The Hall–Kier alpha value is -2.96. The molecule has 0 bridgehead atoms. The van der Waals surface area contributed by atoms with Gasteiger partial charge in [0.25, 0.3) is 0 Å². The van der Waals surface area contributed by atoms with Gasteiger partial charge in [-0.2, -0.15) is 0 Å². The number of hydrogen-bond acceptors (Lipinski definition) is 5. The highest BCUT2D eigenvalue weighted by atomic mass is 16.3. The summed E-state index contributed by atoms with van der Waals surface area (Å²) in [4.78, 5) is 31.3. The molecular weight excluding hydrogens is 308 g/mol. The topological polar surface area (TPSA) is 90.0 Å². The maximum atomic E-state index is 11.8. The molecule has 0 radical (unpaired) electrons. The SMILES string of the molecule is Cc1ccc2nc(CCCNC(=O)Cn3cccnc3=O)oc2c1. The lowest BCUT2D eigenvalue weighted by Crippen LogP contribution is -2.33. The van der Waals surface area contributed by atoms with Crippen LogP contribution < -0.4 is 11.0 Å². The Morgan fingerprint density at radius 2 is 2.25 bits per heavy atom. The van der Waals surface area contributed by atoms with Crippen LogP contribution in [0.15, 0.2) is 45.9 Å². The van der Waals surface area contributed by atoms with Crippen molar-refractivity contribution >= 4 is 17.0 Å². The lowest BCUT2D eigenvalue weighted by Gasteiger charge is -2.05. The number of carbonyl (C=O) groups excluding carboxylic acids is 1. The molecule has 1 N–H and O–H groups in total. The van der Waals surface area contributed by atoms with Gasteiger partial charge in [0.05, 0.1) is 0 Å². The first-order valence-electron chi connectivity index (χ1n) is 7.76. The zero-order valence-electron chi connectivity index (χ0n) is 13.4. The lowest BCUT2D eigenvalue weighted by molar-refractivity contribution is -0.121. The maximum absolute atomic E-state index is 11.8. The Labute approximate surface area is 138 Å². The normalized spacial score (nSPS) is 10.9. The van der Waals surface area contributed by atoms with Gasteiger partial charge in [-0.3, -0.25) is 9.36 Å². The summed E-state index contributed by atoms with van der Waals surface area (Å²) < 4.78 is 6.95.